The Hall–Kier alpha value is -1.88. The first-order valence-corrected chi connectivity index (χ1v) is 9.08. The highest BCUT2D eigenvalue weighted by Crippen LogP contribution is 2.40. The fourth-order valence-corrected chi connectivity index (χ4v) is 4.25. The number of hydrogen-bond acceptors (Lipinski definition) is 5. The zero-order valence-electron chi connectivity index (χ0n) is 14.4. The van der Waals surface area contributed by atoms with Gasteiger partial charge >= 0.3 is 0 Å². The van der Waals surface area contributed by atoms with E-state index in [1.54, 1.807) is 0 Å². The van der Waals surface area contributed by atoms with Crippen LogP contribution in [0.15, 0.2) is 35.0 Å². The van der Waals surface area contributed by atoms with E-state index in [0.717, 1.165) is 56.6 Å². The molecule has 128 valence electrons. The van der Waals surface area contributed by atoms with Crippen molar-refractivity contribution in [1.82, 2.24) is 14.9 Å². The predicted octanol–water partition coefficient (Wildman–Crippen LogP) is 3.12. The standard InChI is InChI=1S/C19H26N4O/c1-2-16-5-6-17(24-16)13-22-12-8-19(14-22)7-3-11-23(15-19)18-20-9-4-10-21-18/h4-6,9-10H,2-3,7-8,11-15H2,1H3/t19-/m1/s1. The molecule has 1 spiro atoms. The van der Waals surface area contributed by atoms with Crippen LogP contribution in [0.5, 0.6) is 0 Å². The monoisotopic (exact) mass is 326 g/mol. The predicted molar refractivity (Wildman–Crippen MR) is 93.9 cm³/mol. The summed E-state index contributed by atoms with van der Waals surface area (Å²) in [7, 11) is 0. The summed E-state index contributed by atoms with van der Waals surface area (Å²) in [5, 5.41) is 0. The average molecular weight is 326 g/mol. The summed E-state index contributed by atoms with van der Waals surface area (Å²) in [6.07, 6.45) is 8.45. The molecule has 2 aliphatic rings. The van der Waals surface area contributed by atoms with Crippen LogP contribution in [-0.2, 0) is 13.0 Å². The number of hydrogen-bond donors (Lipinski definition) is 0. The molecule has 0 aliphatic carbocycles. The number of anilines is 1. The first kappa shape index (κ1) is 15.6. The second-order valence-corrected chi connectivity index (χ2v) is 7.26. The molecule has 0 unspecified atom stereocenters. The molecule has 5 heteroatoms. The van der Waals surface area contributed by atoms with Gasteiger partial charge in [0.25, 0.3) is 0 Å². The molecule has 24 heavy (non-hydrogen) atoms. The molecule has 2 saturated heterocycles. The molecular formula is C19H26N4O. The Kier molecular flexibility index (Phi) is 4.27. The third-order valence-electron chi connectivity index (χ3n) is 5.46. The highest BCUT2D eigenvalue weighted by Gasteiger charge is 2.41. The zero-order valence-corrected chi connectivity index (χ0v) is 14.4. The topological polar surface area (TPSA) is 45.4 Å². The van der Waals surface area contributed by atoms with Crippen molar-refractivity contribution in [2.45, 2.75) is 39.2 Å². The molecule has 5 nitrogen and oxygen atoms in total. The number of aryl methyl sites for hydroxylation is 1. The fourth-order valence-electron chi connectivity index (χ4n) is 4.25. The van der Waals surface area contributed by atoms with Crippen molar-refractivity contribution in [2.75, 3.05) is 31.1 Å². The SMILES string of the molecule is CCc1ccc(CN2CC[C@]3(CCCN(c4ncccn4)C3)C2)o1. The maximum Gasteiger partial charge on any atom is 0.225 e. The van der Waals surface area contributed by atoms with Gasteiger partial charge in [0.05, 0.1) is 6.54 Å². The minimum absolute atomic E-state index is 0.387. The largest absolute Gasteiger partial charge is 0.465 e. The maximum absolute atomic E-state index is 5.89. The summed E-state index contributed by atoms with van der Waals surface area (Å²) in [4.78, 5) is 13.8. The number of rotatable bonds is 4. The molecule has 0 aromatic carbocycles. The Labute approximate surface area is 143 Å². The number of aromatic nitrogens is 2. The van der Waals surface area contributed by atoms with Gasteiger partial charge in [0.2, 0.25) is 5.95 Å². The molecule has 2 aromatic heterocycles. The number of likely N-dealkylation sites (tertiary alicyclic amines) is 1. The summed E-state index contributed by atoms with van der Waals surface area (Å²) >= 11 is 0. The van der Waals surface area contributed by atoms with E-state index < -0.39 is 0 Å². The molecule has 2 fully saturated rings. The van der Waals surface area contributed by atoms with E-state index >= 15 is 0 Å². The first-order chi connectivity index (χ1) is 11.8. The van der Waals surface area contributed by atoms with Crippen molar-refractivity contribution in [1.29, 1.82) is 0 Å². The Bertz CT molecular complexity index is 671. The first-order valence-electron chi connectivity index (χ1n) is 9.08. The number of nitrogens with zero attached hydrogens (tertiary/aromatic N) is 4. The van der Waals surface area contributed by atoms with Crippen molar-refractivity contribution in [2.24, 2.45) is 5.41 Å². The Morgan fingerprint density at radius 3 is 2.71 bits per heavy atom. The Morgan fingerprint density at radius 2 is 1.92 bits per heavy atom. The lowest BCUT2D eigenvalue weighted by Gasteiger charge is -2.40. The highest BCUT2D eigenvalue weighted by atomic mass is 16.3. The minimum atomic E-state index is 0.387. The van der Waals surface area contributed by atoms with E-state index in [9.17, 15) is 0 Å². The molecule has 0 saturated carbocycles. The summed E-state index contributed by atoms with van der Waals surface area (Å²) in [5.74, 6) is 3.07. The van der Waals surface area contributed by atoms with Gasteiger partial charge in [0.1, 0.15) is 11.5 Å². The number of piperidine rings is 1. The van der Waals surface area contributed by atoms with E-state index in [1.807, 2.05) is 18.5 Å². The van der Waals surface area contributed by atoms with E-state index in [-0.39, 0.29) is 0 Å². The van der Waals surface area contributed by atoms with E-state index in [2.05, 4.69) is 38.8 Å². The summed E-state index contributed by atoms with van der Waals surface area (Å²) in [6, 6.07) is 6.12. The maximum atomic E-state index is 5.89. The molecule has 0 radical (unpaired) electrons. The fraction of sp³-hybridized carbons (Fsp3) is 0.579. The van der Waals surface area contributed by atoms with E-state index in [4.69, 9.17) is 4.42 Å². The summed E-state index contributed by atoms with van der Waals surface area (Å²) in [6.45, 7) is 7.53. The molecule has 4 rings (SSSR count). The molecule has 0 N–H and O–H groups in total. The molecule has 0 amide bonds. The van der Waals surface area contributed by atoms with Crippen LogP contribution < -0.4 is 4.90 Å². The van der Waals surface area contributed by atoms with Crippen molar-refractivity contribution < 1.29 is 4.42 Å². The van der Waals surface area contributed by atoms with Crippen LogP contribution >= 0.6 is 0 Å². The van der Waals surface area contributed by atoms with Gasteiger partial charge in [-0.3, -0.25) is 4.90 Å². The lowest BCUT2D eigenvalue weighted by Crippen LogP contribution is -2.45. The van der Waals surface area contributed by atoms with Crippen LogP contribution in [-0.4, -0.2) is 41.0 Å². The van der Waals surface area contributed by atoms with E-state index in [1.165, 1.54) is 19.3 Å². The van der Waals surface area contributed by atoms with Gasteiger partial charge < -0.3 is 9.32 Å². The number of furan rings is 1. The van der Waals surface area contributed by atoms with Crippen molar-refractivity contribution >= 4 is 5.95 Å². The third-order valence-corrected chi connectivity index (χ3v) is 5.46. The van der Waals surface area contributed by atoms with E-state index in [0.29, 0.717) is 5.41 Å². The zero-order chi connectivity index (χ0) is 16.4. The van der Waals surface area contributed by atoms with Crippen LogP contribution in [0.2, 0.25) is 0 Å². The van der Waals surface area contributed by atoms with Crippen LogP contribution in [0.3, 0.4) is 0 Å². The van der Waals surface area contributed by atoms with Crippen molar-refractivity contribution in [3.8, 4) is 0 Å². The molecule has 0 bridgehead atoms. The van der Waals surface area contributed by atoms with Gasteiger partial charge in [-0.15, -0.1) is 0 Å². The summed E-state index contributed by atoms with van der Waals surface area (Å²) in [5.41, 5.74) is 0.387. The van der Waals surface area contributed by atoms with Gasteiger partial charge in [0.15, 0.2) is 0 Å². The lowest BCUT2D eigenvalue weighted by molar-refractivity contribution is 0.207. The normalized spacial score (nSPS) is 24.8. The van der Waals surface area contributed by atoms with Gasteiger partial charge in [-0.1, -0.05) is 6.92 Å². The van der Waals surface area contributed by atoms with Gasteiger partial charge in [-0.05, 0) is 44.0 Å². The molecule has 2 aromatic rings. The van der Waals surface area contributed by atoms with Crippen molar-refractivity contribution in [3.05, 3.63) is 42.1 Å². The molecule has 1 atom stereocenters. The Morgan fingerprint density at radius 1 is 1.08 bits per heavy atom. The third kappa shape index (κ3) is 3.18. The van der Waals surface area contributed by atoms with Gasteiger partial charge in [-0.25, -0.2) is 9.97 Å². The second-order valence-electron chi connectivity index (χ2n) is 7.26. The molecular weight excluding hydrogens is 300 g/mol. The summed E-state index contributed by atoms with van der Waals surface area (Å²) < 4.78 is 5.89. The lowest BCUT2D eigenvalue weighted by atomic mass is 9.79. The second kappa shape index (κ2) is 6.55. The van der Waals surface area contributed by atoms with Crippen LogP contribution in [0, 0.1) is 5.41 Å². The van der Waals surface area contributed by atoms with Crippen molar-refractivity contribution in [3.63, 3.8) is 0 Å². The average Bonchev–Trinajstić information content (AvgIpc) is 3.23. The smallest absolute Gasteiger partial charge is 0.225 e. The van der Waals surface area contributed by atoms with Gasteiger partial charge in [0, 0.05) is 43.9 Å². The van der Waals surface area contributed by atoms with Gasteiger partial charge in [-0.2, -0.15) is 0 Å². The molecule has 4 heterocycles. The molecule has 2 aliphatic heterocycles. The minimum Gasteiger partial charge on any atom is -0.465 e. The highest BCUT2D eigenvalue weighted by molar-refractivity contribution is 5.30. The quantitative estimate of drug-likeness (QED) is 0.864. The Balaban J connectivity index is 1.41. The van der Waals surface area contributed by atoms with Crippen LogP contribution in [0.4, 0.5) is 5.95 Å². The van der Waals surface area contributed by atoms with Crippen LogP contribution in [0.1, 0.15) is 37.7 Å². The van der Waals surface area contributed by atoms with Crippen LogP contribution in [0.25, 0.3) is 0 Å².